The number of aryl methyl sites for hydroxylation is 1. The average Bonchev–Trinajstić information content (AvgIpc) is 2.96. The summed E-state index contributed by atoms with van der Waals surface area (Å²) >= 11 is 0. The number of methoxy groups -OCH3 is 1. The van der Waals surface area contributed by atoms with Crippen molar-refractivity contribution in [1.82, 2.24) is 9.88 Å². The van der Waals surface area contributed by atoms with E-state index in [0.717, 1.165) is 23.2 Å². The highest BCUT2D eigenvalue weighted by atomic mass is 19.1. The molecule has 1 amide bonds. The predicted octanol–water partition coefficient (Wildman–Crippen LogP) is 2.93. The number of rotatable bonds is 2. The highest BCUT2D eigenvalue weighted by molar-refractivity contribution is 5.92. The van der Waals surface area contributed by atoms with Gasteiger partial charge in [-0.05, 0) is 25.5 Å². The maximum Gasteiger partial charge on any atom is 0.409 e. The molecular formula is C16H18FN3O2. The first kappa shape index (κ1) is 14.6. The number of para-hydroxylation sites is 1. The number of likely N-dealkylation sites (tertiary alicyclic amines) is 1. The minimum absolute atomic E-state index is 0.118. The zero-order valence-electron chi connectivity index (χ0n) is 12.6. The smallest absolute Gasteiger partial charge is 0.409 e. The van der Waals surface area contributed by atoms with Gasteiger partial charge < -0.3 is 15.0 Å². The third-order valence-corrected chi connectivity index (χ3v) is 3.90. The Morgan fingerprint density at radius 2 is 2.32 bits per heavy atom. The number of hydrogen-bond donors (Lipinski definition) is 1. The van der Waals surface area contributed by atoms with E-state index in [1.54, 1.807) is 11.0 Å². The number of amides is 1. The maximum absolute atomic E-state index is 13.9. The summed E-state index contributed by atoms with van der Waals surface area (Å²) in [5.41, 5.74) is 1.97. The van der Waals surface area contributed by atoms with Gasteiger partial charge in [-0.25, -0.2) is 14.2 Å². The lowest BCUT2D eigenvalue weighted by molar-refractivity contribution is 0.133. The number of halogens is 1. The van der Waals surface area contributed by atoms with Crippen molar-refractivity contribution >= 4 is 22.7 Å². The van der Waals surface area contributed by atoms with Crippen LogP contribution in [0.5, 0.6) is 0 Å². The summed E-state index contributed by atoms with van der Waals surface area (Å²) in [5, 5.41) is 4.16. The Kier molecular flexibility index (Phi) is 3.83. The van der Waals surface area contributed by atoms with Gasteiger partial charge in [-0.3, -0.25) is 0 Å². The highest BCUT2D eigenvalue weighted by Gasteiger charge is 2.27. The summed E-state index contributed by atoms with van der Waals surface area (Å²) < 4.78 is 18.7. The molecule has 0 radical (unpaired) electrons. The molecule has 1 saturated heterocycles. The molecule has 1 unspecified atom stereocenters. The molecular weight excluding hydrogens is 285 g/mol. The summed E-state index contributed by atoms with van der Waals surface area (Å²) in [6, 6.07) is 6.96. The largest absolute Gasteiger partial charge is 0.453 e. The van der Waals surface area contributed by atoms with Crippen LogP contribution in [-0.4, -0.2) is 42.2 Å². The molecule has 0 saturated carbocycles. The Balaban J connectivity index is 1.86. The SMILES string of the molecule is COC(=O)N1CCC(Nc2cc(C)nc3c(F)cccc23)C1. The molecule has 6 heteroatoms. The van der Waals surface area contributed by atoms with Crippen LogP contribution in [0.4, 0.5) is 14.9 Å². The molecule has 3 rings (SSSR count). The van der Waals surface area contributed by atoms with E-state index in [2.05, 4.69) is 10.3 Å². The molecule has 1 aliphatic rings. The molecule has 1 atom stereocenters. The third kappa shape index (κ3) is 2.68. The molecule has 116 valence electrons. The summed E-state index contributed by atoms with van der Waals surface area (Å²) in [4.78, 5) is 17.5. The third-order valence-electron chi connectivity index (χ3n) is 3.90. The fourth-order valence-corrected chi connectivity index (χ4v) is 2.85. The molecule has 1 N–H and O–H groups in total. The van der Waals surface area contributed by atoms with Gasteiger partial charge in [-0.2, -0.15) is 0 Å². The van der Waals surface area contributed by atoms with Gasteiger partial charge >= 0.3 is 6.09 Å². The molecule has 1 fully saturated rings. The number of aromatic nitrogens is 1. The number of ether oxygens (including phenoxy) is 1. The first-order valence-electron chi connectivity index (χ1n) is 7.24. The molecule has 22 heavy (non-hydrogen) atoms. The van der Waals surface area contributed by atoms with Crippen LogP contribution in [0.3, 0.4) is 0 Å². The van der Waals surface area contributed by atoms with Crippen molar-refractivity contribution in [1.29, 1.82) is 0 Å². The molecule has 1 aliphatic heterocycles. The van der Waals surface area contributed by atoms with E-state index in [-0.39, 0.29) is 18.0 Å². The van der Waals surface area contributed by atoms with Gasteiger partial charge in [0.15, 0.2) is 0 Å². The second kappa shape index (κ2) is 5.79. The normalized spacial score (nSPS) is 17.8. The summed E-state index contributed by atoms with van der Waals surface area (Å²) in [7, 11) is 1.38. The molecule has 5 nitrogen and oxygen atoms in total. The Morgan fingerprint density at radius 1 is 1.50 bits per heavy atom. The monoisotopic (exact) mass is 303 g/mol. The van der Waals surface area contributed by atoms with Crippen LogP contribution in [-0.2, 0) is 4.74 Å². The predicted molar refractivity (Wildman–Crippen MR) is 82.4 cm³/mol. The van der Waals surface area contributed by atoms with Crippen LogP contribution in [0.15, 0.2) is 24.3 Å². The molecule has 2 aromatic rings. The van der Waals surface area contributed by atoms with Crippen molar-refractivity contribution in [2.75, 3.05) is 25.5 Å². The Labute approximate surface area is 128 Å². The number of nitrogens with one attached hydrogen (secondary N) is 1. The van der Waals surface area contributed by atoms with Gasteiger partial charge in [-0.1, -0.05) is 12.1 Å². The van der Waals surface area contributed by atoms with E-state index in [0.29, 0.717) is 18.6 Å². The van der Waals surface area contributed by atoms with E-state index in [1.807, 2.05) is 19.1 Å². The van der Waals surface area contributed by atoms with Crippen molar-refractivity contribution in [2.45, 2.75) is 19.4 Å². The summed E-state index contributed by atoms with van der Waals surface area (Å²) in [6.45, 7) is 3.07. The van der Waals surface area contributed by atoms with Crippen molar-refractivity contribution < 1.29 is 13.9 Å². The zero-order valence-corrected chi connectivity index (χ0v) is 12.6. The quantitative estimate of drug-likeness (QED) is 0.927. The van der Waals surface area contributed by atoms with Crippen LogP contribution >= 0.6 is 0 Å². The van der Waals surface area contributed by atoms with Crippen molar-refractivity contribution in [3.63, 3.8) is 0 Å². The Bertz CT molecular complexity index is 720. The Hall–Kier alpha value is -2.37. The van der Waals surface area contributed by atoms with Gasteiger partial charge in [-0.15, -0.1) is 0 Å². The van der Waals surface area contributed by atoms with E-state index in [4.69, 9.17) is 4.74 Å². The van der Waals surface area contributed by atoms with Crippen molar-refractivity contribution in [3.8, 4) is 0 Å². The van der Waals surface area contributed by atoms with Crippen molar-refractivity contribution in [3.05, 3.63) is 35.8 Å². The van der Waals surface area contributed by atoms with E-state index in [9.17, 15) is 9.18 Å². The van der Waals surface area contributed by atoms with Crippen LogP contribution in [0, 0.1) is 12.7 Å². The van der Waals surface area contributed by atoms with Gasteiger partial charge in [0.05, 0.1) is 7.11 Å². The van der Waals surface area contributed by atoms with Crippen molar-refractivity contribution in [2.24, 2.45) is 0 Å². The van der Waals surface area contributed by atoms with E-state index >= 15 is 0 Å². The molecule has 0 spiro atoms. The van der Waals surface area contributed by atoms with Gasteiger partial charge in [0.2, 0.25) is 0 Å². The van der Waals surface area contributed by atoms with E-state index in [1.165, 1.54) is 13.2 Å². The second-order valence-electron chi connectivity index (χ2n) is 5.49. The number of benzene rings is 1. The lowest BCUT2D eigenvalue weighted by atomic mass is 10.1. The number of nitrogens with zero attached hydrogens (tertiary/aromatic N) is 2. The van der Waals surface area contributed by atoms with Crippen LogP contribution in [0.1, 0.15) is 12.1 Å². The molecule has 1 aromatic heterocycles. The minimum atomic E-state index is -0.327. The van der Waals surface area contributed by atoms with Crippen LogP contribution in [0.2, 0.25) is 0 Å². The van der Waals surface area contributed by atoms with Gasteiger partial charge in [0.1, 0.15) is 11.3 Å². The Morgan fingerprint density at radius 3 is 3.09 bits per heavy atom. The lowest BCUT2D eigenvalue weighted by Crippen LogP contribution is -2.31. The number of carbonyl (C=O) groups excluding carboxylic acids is 1. The van der Waals surface area contributed by atoms with Crippen LogP contribution < -0.4 is 5.32 Å². The summed E-state index contributed by atoms with van der Waals surface area (Å²) in [6.07, 6.45) is 0.513. The summed E-state index contributed by atoms with van der Waals surface area (Å²) in [5.74, 6) is -0.327. The van der Waals surface area contributed by atoms with E-state index < -0.39 is 0 Å². The number of hydrogen-bond acceptors (Lipinski definition) is 4. The number of carbonyl (C=O) groups is 1. The molecule has 0 aliphatic carbocycles. The highest BCUT2D eigenvalue weighted by Crippen LogP contribution is 2.27. The topological polar surface area (TPSA) is 54.5 Å². The molecule has 1 aromatic carbocycles. The van der Waals surface area contributed by atoms with Gasteiger partial charge in [0.25, 0.3) is 0 Å². The minimum Gasteiger partial charge on any atom is -0.453 e. The van der Waals surface area contributed by atoms with Gasteiger partial charge in [0, 0.05) is 35.9 Å². The second-order valence-corrected chi connectivity index (χ2v) is 5.49. The van der Waals surface area contributed by atoms with Crippen LogP contribution in [0.25, 0.3) is 10.9 Å². The molecule has 2 heterocycles. The number of pyridine rings is 1. The fourth-order valence-electron chi connectivity index (χ4n) is 2.85. The number of fused-ring (bicyclic) bond motifs is 1. The first-order valence-corrected chi connectivity index (χ1v) is 7.24. The first-order chi connectivity index (χ1) is 10.6. The zero-order chi connectivity index (χ0) is 15.7. The number of anilines is 1. The average molecular weight is 303 g/mol. The lowest BCUT2D eigenvalue weighted by Gasteiger charge is -2.18. The standard InChI is InChI=1S/C16H18FN3O2/c1-10-8-14(12-4-3-5-13(17)15(12)18-10)19-11-6-7-20(9-11)16(21)22-2/h3-5,8,11H,6-7,9H2,1-2H3,(H,18,19). The maximum atomic E-state index is 13.9. The fraction of sp³-hybridized carbons (Fsp3) is 0.375. The molecule has 0 bridgehead atoms.